The average Bonchev–Trinajstić information content (AvgIpc) is 3.18. The number of amides is 1. The summed E-state index contributed by atoms with van der Waals surface area (Å²) in [6.07, 6.45) is 11.6. The Morgan fingerprint density at radius 1 is 1.12 bits per heavy atom. The predicted octanol–water partition coefficient (Wildman–Crippen LogP) is 5.99. The van der Waals surface area contributed by atoms with E-state index in [1.807, 2.05) is 74.1 Å². The number of primary amides is 1. The van der Waals surface area contributed by atoms with Crippen LogP contribution in [0.15, 0.2) is 94.2 Å². The van der Waals surface area contributed by atoms with Gasteiger partial charge in [0.1, 0.15) is 11.4 Å². The Balaban J connectivity index is 0.00000226. The van der Waals surface area contributed by atoms with Crippen molar-refractivity contribution in [2.24, 2.45) is 22.8 Å². The zero-order valence-electron chi connectivity index (χ0n) is 23.8. The first kappa shape index (κ1) is 30.3. The number of rotatable bonds is 7. The lowest BCUT2D eigenvalue weighted by Crippen LogP contribution is -2.16. The van der Waals surface area contributed by atoms with E-state index in [-0.39, 0.29) is 0 Å². The Kier molecular flexibility index (Phi) is 10.5. The van der Waals surface area contributed by atoms with Crippen LogP contribution in [0.3, 0.4) is 0 Å². The van der Waals surface area contributed by atoms with Crippen LogP contribution in [0.2, 0.25) is 0 Å². The molecule has 1 aromatic heterocycles. The van der Waals surface area contributed by atoms with E-state index < -0.39 is 5.91 Å². The molecule has 4 rings (SSSR count). The zero-order valence-corrected chi connectivity index (χ0v) is 23.8. The number of nitrogens with zero attached hydrogens (tertiary/aromatic N) is 4. The number of aryl methyl sites for hydroxylation is 3. The largest absolute Gasteiger partial charge is 0.437 e. The number of carbonyl (C=O) groups excluding carboxylic acids is 1. The minimum atomic E-state index is -0.450. The van der Waals surface area contributed by atoms with Crippen LogP contribution in [0.4, 0.5) is 10.1 Å². The topological polar surface area (TPSA) is 118 Å². The van der Waals surface area contributed by atoms with Gasteiger partial charge in [0.25, 0.3) is 0 Å². The lowest BCUT2D eigenvalue weighted by molar-refractivity contribution is 0.100. The smallest absolute Gasteiger partial charge is 0.248 e. The van der Waals surface area contributed by atoms with E-state index in [4.69, 9.17) is 15.7 Å². The molecule has 0 saturated carbocycles. The number of alkyl halides is 1. The number of carbonyl (C=O) groups is 1. The number of nitrogens with two attached hydrogens (primary N) is 1. The number of halogens is 1. The number of ether oxygens (including phenoxy) is 1. The summed E-state index contributed by atoms with van der Waals surface area (Å²) in [6.45, 7) is 3.98. The van der Waals surface area contributed by atoms with Crippen LogP contribution in [0, 0.1) is 25.2 Å². The minimum absolute atomic E-state index is 0.442. The zero-order chi connectivity index (χ0) is 29.9. The maximum atomic E-state index is 11.4. The van der Waals surface area contributed by atoms with Gasteiger partial charge in [0.05, 0.1) is 30.8 Å². The van der Waals surface area contributed by atoms with Crippen LogP contribution in [-0.2, 0) is 7.05 Å². The fourth-order valence-corrected chi connectivity index (χ4v) is 4.28. The van der Waals surface area contributed by atoms with Crippen molar-refractivity contribution in [1.29, 1.82) is 5.26 Å². The van der Waals surface area contributed by atoms with Gasteiger partial charge in [-0.25, -0.2) is 4.99 Å². The van der Waals surface area contributed by atoms with Crippen molar-refractivity contribution in [3.05, 3.63) is 107 Å². The van der Waals surface area contributed by atoms with Crippen LogP contribution < -0.4 is 15.8 Å². The van der Waals surface area contributed by atoms with Gasteiger partial charge in [-0.1, -0.05) is 18.2 Å². The highest BCUT2D eigenvalue weighted by Crippen LogP contribution is 2.32. The summed E-state index contributed by atoms with van der Waals surface area (Å²) in [7, 11) is 4.11. The summed E-state index contributed by atoms with van der Waals surface area (Å²) >= 11 is 0. The molecule has 0 radical (unpaired) electrons. The molecular formula is C32H33FN6O2. The van der Waals surface area contributed by atoms with Crippen LogP contribution >= 0.6 is 0 Å². The highest BCUT2D eigenvalue weighted by Gasteiger charge is 2.18. The van der Waals surface area contributed by atoms with Crippen molar-refractivity contribution < 1.29 is 13.9 Å². The van der Waals surface area contributed by atoms with Gasteiger partial charge in [-0.3, -0.25) is 14.2 Å². The number of aromatic nitrogens is 1. The third-order valence-electron chi connectivity index (χ3n) is 6.30. The van der Waals surface area contributed by atoms with Gasteiger partial charge in [-0.05, 0) is 84.7 Å². The molecule has 3 N–H and O–H groups in total. The Morgan fingerprint density at radius 2 is 1.80 bits per heavy atom. The summed E-state index contributed by atoms with van der Waals surface area (Å²) in [5.74, 6) is 0.713. The summed E-state index contributed by atoms with van der Waals surface area (Å²) < 4.78 is 17.8. The highest BCUT2D eigenvalue weighted by atomic mass is 19.1. The van der Waals surface area contributed by atoms with E-state index in [1.54, 1.807) is 37.7 Å². The lowest BCUT2D eigenvalue weighted by atomic mass is 9.98. The molecule has 1 heterocycles. The van der Waals surface area contributed by atoms with Crippen molar-refractivity contribution in [2.75, 3.05) is 14.2 Å². The van der Waals surface area contributed by atoms with E-state index in [1.165, 1.54) is 0 Å². The van der Waals surface area contributed by atoms with E-state index in [2.05, 4.69) is 21.4 Å². The first-order valence-corrected chi connectivity index (χ1v) is 12.8. The second-order valence-electron chi connectivity index (χ2n) is 9.11. The SMILES string of the molecule is CF.CN=C(Oc1c(C)cc(-c2ccc(C(N)=O)cc2)cc1C)c1c(N=CNC2=CC=C(C#N)C=CC2)ccn1C. The van der Waals surface area contributed by atoms with E-state index >= 15 is 0 Å². The molecule has 3 aromatic rings. The maximum absolute atomic E-state index is 11.4. The molecule has 1 aliphatic carbocycles. The molecule has 2 aromatic carbocycles. The fourth-order valence-electron chi connectivity index (χ4n) is 4.28. The van der Waals surface area contributed by atoms with Crippen LogP contribution in [-0.4, -0.2) is 36.9 Å². The molecule has 0 fully saturated rings. The number of allylic oxidation sites excluding steroid dienone is 5. The summed E-state index contributed by atoms with van der Waals surface area (Å²) in [5, 5.41) is 12.3. The van der Waals surface area contributed by atoms with Crippen molar-refractivity contribution in [3.63, 3.8) is 0 Å². The molecule has 0 atom stereocenters. The van der Waals surface area contributed by atoms with Crippen molar-refractivity contribution in [2.45, 2.75) is 20.3 Å². The Hall–Kier alpha value is -5.23. The normalized spacial score (nSPS) is 13.0. The monoisotopic (exact) mass is 552 g/mol. The van der Waals surface area contributed by atoms with Gasteiger partial charge >= 0.3 is 0 Å². The molecule has 0 unspecified atom stereocenters. The molecule has 41 heavy (non-hydrogen) atoms. The van der Waals surface area contributed by atoms with Gasteiger partial charge in [-0.2, -0.15) is 5.26 Å². The van der Waals surface area contributed by atoms with Gasteiger partial charge in [0.2, 0.25) is 11.8 Å². The molecule has 1 aliphatic rings. The van der Waals surface area contributed by atoms with E-state index in [0.29, 0.717) is 36.3 Å². The third kappa shape index (κ3) is 7.46. The summed E-state index contributed by atoms with van der Waals surface area (Å²) in [5.41, 5.74) is 12.7. The number of hydrogen-bond donors (Lipinski definition) is 2. The second kappa shape index (κ2) is 14.2. The maximum Gasteiger partial charge on any atom is 0.248 e. The number of nitrogens with one attached hydrogen (secondary N) is 1. The van der Waals surface area contributed by atoms with Gasteiger partial charge < -0.3 is 20.4 Å². The van der Waals surface area contributed by atoms with E-state index in [9.17, 15) is 9.18 Å². The molecular weight excluding hydrogens is 519 g/mol. The fraction of sp³-hybridized carbons (Fsp3) is 0.188. The lowest BCUT2D eigenvalue weighted by Gasteiger charge is -2.16. The Labute approximate surface area is 239 Å². The van der Waals surface area contributed by atoms with Gasteiger partial charge in [0.15, 0.2) is 0 Å². The average molecular weight is 553 g/mol. The Morgan fingerprint density at radius 3 is 2.41 bits per heavy atom. The van der Waals surface area contributed by atoms with Crippen molar-refractivity contribution >= 4 is 23.8 Å². The summed E-state index contributed by atoms with van der Waals surface area (Å²) in [6, 6.07) is 15.4. The molecule has 210 valence electrons. The minimum Gasteiger partial charge on any atom is -0.437 e. The number of nitriles is 1. The van der Waals surface area contributed by atoms with Crippen LogP contribution in [0.25, 0.3) is 11.1 Å². The molecule has 0 spiro atoms. The highest BCUT2D eigenvalue weighted by molar-refractivity contribution is 5.99. The Bertz CT molecular complexity index is 1580. The standard InChI is InChI=1S/C31H30N6O2.CH3F/c1-20-16-25(23-9-11-24(12-10-23)30(33)38)17-21(2)29(20)39-31(34-3)28-27(14-15-37(28)4)36-19-35-26-7-5-6-22(18-32)8-13-26;1-2/h5-6,8-17,19H,7H2,1-4H3,(H2,33,38)(H,35,36);1H3. The molecule has 8 nitrogen and oxygen atoms in total. The van der Waals surface area contributed by atoms with Crippen LogP contribution in [0.5, 0.6) is 5.75 Å². The van der Waals surface area contributed by atoms with Crippen LogP contribution in [0.1, 0.15) is 33.6 Å². The van der Waals surface area contributed by atoms with Gasteiger partial charge in [-0.15, -0.1) is 0 Å². The molecule has 1 amide bonds. The molecule has 0 saturated heterocycles. The first-order chi connectivity index (χ1) is 19.8. The number of hydrogen-bond acceptors (Lipinski definition) is 5. The quantitative estimate of drug-likeness (QED) is 0.276. The van der Waals surface area contributed by atoms with E-state index in [0.717, 1.165) is 39.4 Å². The predicted molar refractivity (Wildman–Crippen MR) is 162 cm³/mol. The second-order valence-corrected chi connectivity index (χ2v) is 9.11. The van der Waals surface area contributed by atoms with Crippen molar-refractivity contribution in [3.8, 4) is 22.9 Å². The first-order valence-electron chi connectivity index (χ1n) is 12.8. The third-order valence-corrected chi connectivity index (χ3v) is 6.30. The molecule has 0 aliphatic heterocycles. The number of aliphatic imine (C=N–C) groups is 2. The number of benzene rings is 2. The molecule has 9 heteroatoms. The molecule has 0 bridgehead atoms. The van der Waals surface area contributed by atoms with Crippen molar-refractivity contribution in [1.82, 2.24) is 9.88 Å². The summed E-state index contributed by atoms with van der Waals surface area (Å²) in [4.78, 5) is 20.5. The van der Waals surface area contributed by atoms with Gasteiger partial charge in [0, 0.05) is 38.0 Å².